The molecule has 0 bridgehead atoms. The number of aliphatic imine (C=N–C) groups is 1. The van der Waals surface area contributed by atoms with Gasteiger partial charge in [0.15, 0.2) is 17.5 Å². The molecule has 4 rings (SSSR count). The van der Waals surface area contributed by atoms with Crippen LogP contribution in [0.5, 0.6) is 11.5 Å². The summed E-state index contributed by atoms with van der Waals surface area (Å²) in [7, 11) is 1.74. The second-order valence-electron chi connectivity index (χ2n) is 6.08. The van der Waals surface area contributed by atoms with Crippen LogP contribution in [-0.4, -0.2) is 29.8 Å². The molecule has 7 nitrogen and oxygen atoms in total. The first kappa shape index (κ1) is 20.0. The van der Waals surface area contributed by atoms with E-state index < -0.39 is 0 Å². The maximum Gasteiger partial charge on any atom is 0.231 e. The van der Waals surface area contributed by atoms with Gasteiger partial charge in [-0.1, -0.05) is 36.4 Å². The fourth-order valence-corrected chi connectivity index (χ4v) is 2.84. The van der Waals surface area contributed by atoms with Gasteiger partial charge in [-0.15, -0.1) is 24.0 Å². The Morgan fingerprint density at radius 2 is 1.86 bits per heavy atom. The number of imidazole rings is 1. The Morgan fingerprint density at radius 1 is 1.07 bits per heavy atom. The number of H-pyrrole nitrogens is 1. The highest BCUT2D eigenvalue weighted by Crippen LogP contribution is 2.32. The minimum Gasteiger partial charge on any atom is -0.454 e. The summed E-state index contributed by atoms with van der Waals surface area (Å²) in [4.78, 5) is 12.0. The number of ether oxygens (including phenoxy) is 2. The summed E-state index contributed by atoms with van der Waals surface area (Å²) in [5.74, 6) is 3.11. The monoisotopic (exact) mass is 491 g/mol. The second kappa shape index (κ2) is 9.45. The quantitative estimate of drug-likeness (QED) is 0.290. The molecule has 0 unspecified atom stereocenters. The zero-order valence-corrected chi connectivity index (χ0v) is 17.8. The summed E-state index contributed by atoms with van der Waals surface area (Å²) in [6, 6.07) is 16.0. The molecule has 1 aliphatic heterocycles. The zero-order chi connectivity index (χ0) is 18.5. The molecular formula is C20H22IN5O2. The molecule has 28 heavy (non-hydrogen) atoms. The second-order valence-corrected chi connectivity index (χ2v) is 6.08. The van der Waals surface area contributed by atoms with E-state index in [0.29, 0.717) is 19.0 Å². The van der Waals surface area contributed by atoms with Crippen LogP contribution >= 0.6 is 24.0 Å². The number of nitrogens with zero attached hydrogens (tertiary/aromatic N) is 2. The van der Waals surface area contributed by atoms with Gasteiger partial charge in [-0.05, 0) is 23.3 Å². The number of nitrogens with one attached hydrogen (secondary N) is 3. The first-order valence-corrected chi connectivity index (χ1v) is 8.74. The van der Waals surface area contributed by atoms with Crippen molar-refractivity contribution in [1.29, 1.82) is 0 Å². The molecule has 0 saturated carbocycles. The third-order valence-electron chi connectivity index (χ3n) is 4.26. The number of hydrogen-bond donors (Lipinski definition) is 3. The summed E-state index contributed by atoms with van der Waals surface area (Å²) in [5.41, 5.74) is 3.20. The number of aromatic amines is 1. The lowest BCUT2D eigenvalue weighted by atomic mass is 10.2. The Bertz CT molecular complexity index is 943. The summed E-state index contributed by atoms with van der Waals surface area (Å²) < 4.78 is 10.7. The smallest absolute Gasteiger partial charge is 0.231 e. The number of benzene rings is 2. The standard InChI is InChI=1S/C20H21N5O2.HI/c1-21-20(23-10-14-7-8-17-18(9-14)27-13-26-17)24-12-19-22-11-16(25-19)15-5-3-2-4-6-15;/h2-9,11H,10,12-13H2,1H3,(H,22,25)(H2,21,23,24);1H. The van der Waals surface area contributed by atoms with E-state index >= 15 is 0 Å². The van der Waals surface area contributed by atoms with Crippen LogP contribution in [0.4, 0.5) is 0 Å². The highest BCUT2D eigenvalue weighted by molar-refractivity contribution is 14.0. The lowest BCUT2D eigenvalue weighted by Crippen LogP contribution is -2.36. The van der Waals surface area contributed by atoms with Crippen LogP contribution in [0.2, 0.25) is 0 Å². The molecule has 0 atom stereocenters. The highest BCUT2D eigenvalue weighted by atomic mass is 127. The number of aromatic nitrogens is 2. The molecule has 146 valence electrons. The molecule has 0 spiro atoms. The van der Waals surface area contributed by atoms with Crippen molar-refractivity contribution in [3.63, 3.8) is 0 Å². The van der Waals surface area contributed by atoms with Crippen LogP contribution in [0.15, 0.2) is 59.7 Å². The van der Waals surface area contributed by atoms with E-state index in [1.54, 1.807) is 7.05 Å². The Balaban J connectivity index is 0.00000225. The predicted octanol–water partition coefficient (Wildman–Crippen LogP) is 3.29. The molecule has 0 radical (unpaired) electrons. The van der Waals surface area contributed by atoms with Gasteiger partial charge in [0.05, 0.1) is 18.4 Å². The fourth-order valence-electron chi connectivity index (χ4n) is 2.84. The van der Waals surface area contributed by atoms with Crippen LogP contribution in [0.3, 0.4) is 0 Å². The van der Waals surface area contributed by atoms with Crippen LogP contribution in [0.1, 0.15) is 11.4 Å². The number of guanidine groups is 1. The Morgan fingerprint density at radius 3 is 2.68 bits per heavy atom. The number of fused-ring (bicyclic) bond motifs is 1. The average molecular weight is 491 g/mol. The van der Waals surface area contributed by atoms with Gasteiger partial charge < -0.3 is 25.1 Å². The minimum absolute atomic E-state index is 0. The fraction of sp³-hybridized carbons (Fsp3) is 0.200. The van der Waals surface area contributed by atoms with Gasteiger partial charge >= 0.3 is 0 Å². The molecule has 3 N–H and O–H groups in total. The van der Waals surface area contributed by atoms with E-state index in [-0.39, 0.29) is 30.8 Å². The zero-order valence-electron chi connectivity index (χ0n) is 15.4. The lowest BCUT2D eigenvalue weighted by molar-refractivity contribution is 0.174. The van der Waals surface area contributed by atoms with Gasteiger partial charge in [0.25, 0.3) is 0 Å². The first-order valence-electron chi connectivity index (χ1n) is 8.74. The van der Waals surface area contributed by atoms with E-state index in [9.17, 15) is 0 Å². The van der Waals surface area contributed by atoms with Crippen molar-refractivity contribution in [2.24, 2.45) is 4.99 Å². The Labute approximate surface area is 180 Å². The molecule has 8 heteroatoms. The molecule has 0 saturated heterocycles. The van der Waals surface area contributed by atoms with Crippen molar-refractivity contribution in [2.75, 3.05) is 13.8 Å². The predicted molar refractivity (Wildman–Crippen MR) is 119 cm³/mol. The van der Waals surface area contributed by atoms with Gasteiger partial charge in [-0.3, -0.25) is 4.99 Å². The van der Waals surface area contributed by atoms with Crippen LogP contribution in [-0.2, 0) is 13.1 Å². The van der Waals surface area contributed by atoms with E-state index in [0.717, 1.165) is 34.1 Å². The number of hydrogen-bond acceptors (Lipinski definition) is 4. The first-order chi connectivity index (χ1) is 13.3. The molecule has 0 aliphatic carbocycles. The van der Waals surface area contributed by atoms with Crippen LogP contribution < -0.4 is 20.1 Å². The third kappa shape index (κ3) is 4.75. The van der Waals surface area contributed by atoms with E-state index in [4.69, 9.17) is 9.47 Å². The summed E-state index contributed by atoms with van der Waals surface area (Å²) in [6.07, 6.45) is 1.84. The molecule has 2 aromatic carbocycles. The number of rotatable bonds is 5. The van der Waals surface area contributed by atoms with Crippen molar-refractivity contribution in [3.8, 4) is 22.8 Å². The Kier molecular flexibility index (Phi) is 6.75. The third-order valence-corrected chi connectivity index (χ3v) is 4.26. The molecule has 3 aromatic rings. The summed E-state index contributed by atoms with van der Waals surface area (Å²) in [6.45, 7) is 1.46. The van der Waals surface area contributed by atoms with Crippen LogP contribution in [0.25, 0.3) is 11.3 Å². The minimum atomic E-state index is 0. The number of halogens is 1. The van der Waals surface area contributed by atoms with Crippen molar-refractivity contribution >= 4 is 29.9 Å². The van der Waals surface area contributed by atoms with Crippen LogP contribution in [0, 0.1) is 0 Å². The maximum absolute atomic E-state index is 5.41. The highest BCUT2D eigenvalue weighted by Gasteiger charge is 2.13. The molecule has 2 heterocycles. The van der Waals surface area contributed by atoms with Crippen molar-refractivity contribution < 1.29 is 9.47 Å². The van der Waals surface area contributed by atoms with E-state index in [2.05, 4.69) is 37.7 Å². The van der Waals surface area contributed by atoms with Gasteiger partial charge in [0.1, 0.15) is 5.82 Å². The normalized spacial score (nSPS) is 12.4. The summed E-state index contributed by atoms with van der Waals surface area (Å²) >= 11 is 0. The van der Waals surface area contributed by atoms with Crippen molar-refractivity contribution in [1.82, 2.24) is 20.6 Å². The maximum atomic E-state index is 5.41. The molecule has 0 fully saturated rings. The Hall–Kier alpha value is -2.75. The van der Waals surface area contributed by atoms with Gasteiger partial charge in [0, 0.05) is 13.6 Å². The molecule has 0 amide bonds. The summed E-state index contributed by atoms with van der Waals surface area (Å²) in [5, 5.41) is 6.55. The van der Waals surface area contributed by atoms with Gasteiger partial charge in [-0.2, -0.15) is 0 Å². The lowest BCUT2D eigenvalue weighted by Gasteiger charge is -2.11. The van der Waals surface area contributed by atoms with E-state index in [1.807, 2.05) is 42.6 Å². The molecule has 1 aliphatic rings. The van der Waals surface area contributed by atoms with Gasteiger partial charge in [0.2, 0.25) is 6.79 Å². The molecular weight excluding hydrogens is 469 g/mol. The van der Waals surface area contributed by atoms with Crippen molar-refractivity contribution in [3.05, 3.63) is 66.1 Å². The van der Waals surface area contributed by atoms with Crippen molar-refractivity contribution in [2.45, 2.75) is 13.1 Å². The SMILES string of the molecule is CN=C(NCc1ccc2c(c1)OCO2)NCc1ncc(-c2ccccc2)[nH]1.I. The van der Waals surface area contributed by atoms with Gasteiger partial charge in [-0.25, -0.2) is 4.98 Å². The van der Waals surface area contributed by atoms with E-state index in [1.165, 1.54) is 0 Å². The molecule has 1 aromatic heterocycles. The average Bonchev–Trinajstić information content (AvgIpc) is 3.38. The largest absolute Gasteiger partial charge is 0.454 e. The topological polar surface area (TPSA) is 83.6 Å².